The summed E-state index contributed by atoms with van der Waals surface area (Å²) in [5.74, 6) is -0.140. The molecule has 0 radical (unpaired) electrons. The van der Waals surface area contributed by atoms with E-state index in [4.69, 9.17) is 0 Å². The second-order valence-corrected chi connectivity index (χ2v) is 3.13. The first kappa shape index (κ1) is 12.9. The van der Waals surface area contributed by atoms with Crippen molar-refractivity contribution >= 4 is 11.8 Å². The Morgan fingerprint density at radius 1 is 1.29 bits per heavy atom. The highest BCUT2D eigenvalue weighted by molar-refractivity contribution is 5.84. The molecule has 0 aliphatic heterocycles. The molecule has 2 N–H and O–H groups in total. The number of hydrogen-bond acceptors (Lipinski definition) is 3. The van der Waals surface area contributed by atoms with Crippen LogP contribution in [0.1, 0.15) is 12.8 Å². The number of nitrogens with one attached hydrogen (secondary N) is 2. The summed E-state index contributed by atoms with van der Waals surface area (Å²) in [6, 6.07) is 0. The first-order chi connectivity index (χ1) is 6.61. The monoisotopic (exact) mass is 201 g/mol. The minimum Gasteiger partial charge on any atom is -0.358 e. The average Bonchev–Trinajstić information content (AvgIpc) is 2.17. The fourth-order valence-electron chi connectivity index (χ4n) is 0.990. The van der Waals surface area contributed by atoms with Gasteiger partial charge in [-0.15, -0.1) is 0 Å². The molecule has 0 saturated heterocycles. The Morgan fingerprint density at radius 2 is 1.93 bits per heavy atom. The summed E-state index contributed by atoms with van der Waals surface area (Å²) >= 11 is 0. The van der Waals surface area contributed by atoms with Crippen LogP contribution < -0.4 is 10.6 Å². The van der Waals surface area contributed by atoms with Gasteiger partial charge in [-0.25, -0.2) is 0 Å². The fourth-order valence-corrected chi connectivity index (χ4v) is 0.990. The molecule has 82 valence electrons. The van der Waals surface area contributed by atoms with Crippen molar-refractivity contribution in [2.24, 2.45) is 0 Å². The molecule has 0 heterocycles. The second-order valence-electron chi connectivity index (χ2n) is 3.13. The van der Waals surface area contributed by atoms with Crippen molar-refractivity contribution in [3.63, 3.8) is 0 Å². The molecule has 0 saturated carbocycles. The number of carbonyl (C=O) groups excluding carboxylic acids is 2. The van der Waals surface area contributed by atoms with E-state index in [0.29, 0.717) is 6.42 Å². The van der Waals surface area contributed by atoms with E-state index in [1.54, 1.807) is 14.1 Å². The normalized spacial score (nSPS) is 9.64. The van der Waals surface area contributed by atoms with E-state index in [1.807, 2.05) is 7.05 Å². The van der Waals surface area contributed by atoms with Crippen molar-refractivity contribution in [3.05, 3.63) is 0 Å². The first-order valence-electron chi connectivity index (χ1n) is 4.71. The molecule has 0 spiro atoms. The van der Waals surface area contributed by atoms with E-state index < -0.39 is 0 Å². The van der Waals surface area contributed by atoms with Crippen LogP contribution in [-0.4, -0.2) is 50.9 Å². The standard InChI is InChI=1S/C9H19N3O2/c1-10-6-4-5-9(14)12(3)7-8(13)11-2/h10H,4-7H2,1-3H3,(H,11,13). The van der Waals surface area contributed by atoms with Gasteiger partial charge in [0.25, 0.3) is 0 Å². The highest BCUT2D eigenvalue weighted by Crippen LogP contribution is 1.94. The van der Waals surface area contributed by atoms with Crippen LogP contribution in [0.3, 0.4) is 0 Å². The zero-order valence-electron chi connectivity index (χ0n) is 9.09. The molecule has 2 amide bonds. The highest BCUT2D eigenvalue weighted by atomic mass is 16.2. The lowest BCUT2D eigenvalue weighted by molar-refractivity contribution is -0.134. The minimum absolute atomic E-state index is 0.00356. The van der Waals surface area contributed by atoms with Crippen LogP contribution in [0.2, 0.25) is 0 Å². The summed E-state index contributed by atoms with van der Waals surface area (Å²) in [7, 11) is 5.04. The third-order valence-corrected chi connectivity index (χ3v) is 1.90. The summed E-state index contributed by atoms with van der Waals surface area (Å²) in [5, 5.41) is 5.44. The zero-order chi connectivity index (χ0) is 11.0. The van der Waals surface area contributed by atoms with E-state index in [1.165, 1.54) is 4.90 Å². The lowest BCUT2D eigenvalue weighted by Crippen LogP contribution is -2.37. The van der Waals surface area contributed by atoms with Crippen LogP contribution >= 0.6 is 0 Å². The number of hydrogen-bond donors (Lipinski definition) is 2. The maximum Gasteiger partial charge on any atom is 0.239 e. The SMILES string of the molecule is CNCCCC(=O)N(C)CC(=O)NC. The Morgan fingerprint density at radius 3 is 2.43 bits per heavy atom. The molecule has 0 unspecified atom stereocenters. The van der Waals surface area contributed by atoms with Gasteiger partial charge in [-0.2, -0.15) is 0 Å². The van der Waals surface area contributed by atoms with Crippen LogP contribution in [-0.2, 0) is 9.59 Å². The van der Waals surface area contributed by atoms with Crippen molar-refractivity contribution in [1.29, 1.82) is 0 Å². The summed E-state index contributed by atoms with van der Waals surface area (Å²) in [5.41, 5.74) is 0. The van der Waals surface area contributed by atoms with Crippen molar-refractivity contribution < 1.29 is 9.59 Å². The molecule has 0 aromatic carbocycles. The number of carbonyl (C=O) groups is 2. The molecule has 5 heteroatoms. The molecule has 0 aromatic heterocycles. The van der Waals surface area contributed by atoms with E-state index in [9.17, 15) is 9.59 Å². The van der Waals surface area contributed by atoms with Gasteiger partial charge in [0.2, 0.25) is 11.8 Å². The van der Waals surface area contributed by atoms with Crippen molar-refractivity contribution in [3.8, 4) is 0 Å². The number of likely N-dealkylation sites (N-methyl/N-ethyl adjacent to an activating group) is 2. The number of rotatable bonds is 6. The van der Waals surface area contributed by atoms with Gasteiger partial charge in [0.15, 0.2) is 0 Å². The molecule has 0 atom stereocenters. The Balaban J connectivity index is 3.70. The van der Waals surface area contributed by atoms with Crippen molar-refractivity contribution in [2.45, 2.75) is 12.8 Å². The van der Waals surface area contributed by atoms with Gasteiger partial charge in [0.05, 0.1) is 6.54 Å². The molecule has 0 aliphatic carbocycles. The van der Waals surface area contributed by atoms with E-state index in [0.717, 1.165) is 13.0 Å². The molecular formula is C9H19N3O2. The van der Waals surface area contributed by atoms with E-state index in [2.05, 4.69) is 10.6 Å². The van der Waals surface area contributed by atoms with Gasteiger partial charge in [-0.05, 0) is 20.0 Å². The first-order valence-corrected chi connectivity index (χ1v) is 4.71. The van der Waals surface area contributed by atoms with Gasteiger partial charge in [0.1, 0.15) is 0 Å². The summed E-state index contributed by atoms with van der Waals surface area (Å²) in [6.45, 7) is 0.953. The fraction of sp³-hybridized carbons (Fsp3) is 0.778. The zero-order valence-corrected chi connectivity index (χ0v) is 9.09. The number of nitrogens with zero attached hydrogens (tertiary/aromatic N) is 1. The quantitative estimate of drug-likeness (QED) is 0.553. The van der Waals surface area contributed by atoms with Crippen LogP contribution in [0, 0.1) is 0 Å². The molecule has 0 fully saturated rings. The molecule has 0 bridgehead atoms. The Bertz CT molecular complexity index is 194. The average molecular weight is 201 g/mol. The maximum absolute atomic E-state index is 11.4. The molecule has 0 rings (SSSR count). The third kappa shape index (κ3) is 5.53. The topological polar surface area (TPSA) is 61.4 Å². The Labute approximate surface area is 84.8 Å². The Kier molecular flexibility index (Phi) is 6.74. The third-order valence-electron chi connectivity index (χ3n) is 1.90. The molecule has 14 heavy (non-hydrogen) atoms. The van der Waals surface area contributed by atoms with Gasteiger partial charge >= 0.3 is 0 Å². The van der Waals surface area contributed by atoms with Gasteiger partial charge in [0, 0.05) is 20.5 Å². The van der Waals surface area contributed by atoms with E-state index in [-0.39, 0.29) is 18.4 Å². The van der Waals surface area contributed by atoms with Crippen LogP contribution in [0.4, 0.5) is 0 Å². The largest absolute Gasteiger partial charge is 0.358 e. The molecule has 5 nitrogen and oxygen atoms in total. The van der Waals surface area contributed by atoms with Gasteiger partial charge in [-0.1, -0.05) is 0 Å². The van der Waals surface area contributed by atoms with Crippen molar-refractivity contribution in [2.75, 3.05) is 34.2 Å². The smallest absolute Gasteiger partial charge is 0.239 e. The van der Waals surface area contributed by atoms with E-state index >= 15 is 0 Å². The maximum atomic E-state index is 11.4. The van der Waals surface area contributed by atoms with Gasteiger partial charge < -0.3 is 15.5 Å². The second kappa shape index (κ2) is 7.32. The lowest BCUT2D eigenvalue weighted by atomic mass is 10.3. The summed E-state index contributed by atoms with van der Waals surface area (Å²) in [6.07, 6.45) is 1.28. The predicted molar refractivity (Wildman–Crippen MR) is 54.9 cm³/mol. The van der Waals surface area contributed by atoms with Crippen LogP contribution in [0.25, 0.3) is 0 Å². The van der Waals surface area contributed by atoms with Crippen LogP contribution in [0.5, 0.6) is 0 Å². The highest BCUT2D eigenvalue weighted by Gasteiger charge is 2.10. The number of amides is 2. The minimum atomic E-state index is -0.144. The van der Waals surface area contributed by atoms with Gasteiger partial charge in [-0.3, -0.25) is 9.59 Å². The van der Waals surface area contributed by atoms with Crippen molar-refractivity contribution in [1.82, 2.24) is 15.5 Å². The van der Waals surface area contributed by atoms with Crippen LogP contribution in [0.15, 0.2) is 0 Å². The predicted octanol–water partition coefficient (Wildman–Crippen LogP) is -0.810. The molecule has 0 aromatic rings. The molecule has 0 aliphatic rings. The molecular weight excluding hydrogens is 182 g/mol. The lowest BCUT2D eigenvalue weighted by Gasteiger charge is -2.15. The Hall–Kier alpha value is -1.10. The summed E-state index contributed by atoms with van der Waals surface area (Å²) in [4.78, 5) is 23.8. The summed E-state index contributed by atoms with van der Waals surface area (Å²) < 4.78 is 0.